The van der Waals surface area contributed by atoms with E-state index in [1.807, 2.05) is 6.07 Å². The first kappa shape index (κ1) is 9.19. The van der Waals surface area contributed by atoms with Crippen molar-refractivity contribution in [1.29, 1.82) is 0 Å². The van der Waals surface area contributed by atoms with Gasteiger partial charge in [0.25, 0.3) is 0 Å². The Labute approximate surface area is 89.2 Å². The van der Waals surface area contributed by atoms with E-state index in [1.165, 1.54) is 11.1 Å². The van der Waals surface area contributed by atoms with Crippen LogP contribution in [0.1, 0.15) is 23.7 Å². The molecular weight excluding hydrogens is 190 g/mol. The number of ether oxygens (including phenoxy) is 2. The molecule has 3 heteroatoms. The number of benzene rings is 1. The number of nitrogens with two attached hydrogens (primary N) is 1. The first-order chi connectivity index (χ1) is 7.34. The molecule has 0 aliphatic carbocycles. The van der Waals surface area contributed by atoms with E-state index in [4.69, 9.17) is 15.2 Å². The Morgan fingerprint density at radius 1 is 1.27 bits per heavy atom. The molecule has 2 heterocycles. The van der Waals surface area contributed by atoms with Crippen molar-refractivity contribution in [2.24, 2.45) is 5.73 Å². The molecule has 0 saturated carbocycles. The summed E-state index contributed by atoms with van der Waals surface area (Å²) in [5.41, 5.74) is 8.49. The predicted molar refractivity (Wildman–Crippen MR) is 56.9 cm³/mol. The van der Waals surface area contributed by atoms with Gasteiger partial charge >= 0.3 is 0 Å². The molecule has 1 fully saturated rings. The normalized spacial score (nSPS) is 28.9. The molecule has 0 aromatic heterocycles. The first-order valence-corrected chi connectivity index (χ1v) is 5.47. The number of hydrogen-bond acceptors (Lipinski definition) is 3. The molecule has 1 aromatic carbocycles. The van der Waals surface area contributed by atoms with Crippen LogP contribution in [0, 0.1) is 0 Å². The summed E-state index contributed by atoms with van der Waals surface area (Å²) in [4.78, 5) is 0. The highest BCUT2D eigenvalue weighted by Gasteiger charge is 2.27. The summed E-state index contributed by atoms with van der Waals surface area (Å²) >= 11 is 0. The fraction of sp³-hybridized carbons (Fsp3) is 0.500. The SMILES string of the molecule is NC1CCOC1c1ccc2c(c1)CCO2. The molecule has 2 atom stereocenters. The summed E-state index contributed by atoms with van der Waals surface area (Å²) in [6, 6.07) is 6.43. The van der Waals surface area contributed by atoms with Crippen LogP contribution in [-0.4, -0.2) is 19.3 Å². The van der Waals surface area contributed by atoms with Gasteiger partial charge < -0.3 is 15.2 Å². The largest absolute Gasteiger partial charge is 0.493 e. The zero-order valence-corrected chi connectivity index (χ0v) is 8.61. The molecule has 2 unspecified atom stereocenters. The maximum absolute atomic E-state index is 6.00. The Balaban J connectivity index is 1.92. The molecule has 1 aromatic rings. The second-order valence-electron chi connectivity index (χ2n) is 4.21. The van der Waals surface area contributed by atoms with Crippen LogP contribution in [0.4, 0.5) is 0 Å². The molecule has 0 radical (unpaired) electrons. The molecule has 1 saturated heterocycles. The zero-order valence-electron chi connectivity index (χ0n) is 8.61. The minimum Gasteiger partial charge on any atom is -0.493 e. The quantitative estimate of drug-likeness (QED) is 0.754. The van der Waals surface area contributed by atoms with E-state index in [-0.39, 0.29) is 12.1 Å². The van der Waals surface area contributed by atoms with Gasteiger partial charge in [0, 0.05) is 19.1 Å². The van der Waals surface area contributed by atoms with E-state index in [2.05, 4.69) is 12.1 Å². The number of fused-ring (bicyclic) bond motifs is 1. The Morgan fingerprint density at radius 2 is 2.20 bits per heavy atom. The van der Waals surface area contributed by atoms with Crippen molar-refractivity contribution >= 4 is 0 Å². The summed E-state index contributed by atoms with van der Waals surface area (Å²) in [7, 11) is 0. The van der Waals surface area contributed by atoms with E-state index in [1.54, 1.807) is 0 Å². The Hall–Kier alpha value is -1.06. The molecule has 3 rings (SSSR count). The summed E-state index contributed by atoms with van der Waals surface area (Å²) in [6.07, 6.45) is 2.04. The summed E-state index contributed by atoms with van der Waals surface area (Å²) in [5, 5.41) is 0. The van der Waals surface area contributed by atoms with Gasteiger partial charge in [0.2, 0.25) is 0 Å². The molecule has 15 heavy (non-hydrogen) atoms. The lowest BCUT2D eigenvalue weighted by Crippen LogP contribution is -2.23. The van der Waals surface area contributed by atoms with E-state index in [0.717, 1.165) is 31.8 Å². The van der Waals surface area contributed by atoms with Crippen molar-refractivity contribution in [2.75, 3.05) is 13.2 Å². The van der Waals surface area contributed by atoms with Crippen molar-refractivity contribution in [1.82, 2.24) is 0 Å². The summed E-state index contributed by atoms with van der Waals surface area (Å²) < 4.78 is 11.1. The Morgan fingerprint density at radius 3 is 3.00 bits per heavy atom. The molecule has 0 bridgehead atoms. The van der Waals surface area contributed by atoms with Crippen LogP contribution in [0.2, 0.25) is 0 Å². The molecule has 2 N–H and O–H groups in total. The van der Waals surface area contributed by atoms with Crippen LogP contribution in [0.15, 0.2) is 18.2 Å². The van der Waals surface area contributed by atoms with Crippen LogP contribution >= 0.6 is 0 Å². The molecule has 2 aliphatic rings. The van der Waals surface area contributed by atoms with Gasteiger partial charge in [-0.2, -0.15) is 0 Å². The van der Waals surface area contributed by atoms with Gasteiger partial charge in [-0.1, -0.05) is 6.07 Å². The van der Waals surface area contributed by atoms with E-state index in [0.29, 0.717) is 0 Å². The van der Waals surface area contributed by atoms with Crippen molar-refractivity contribution < 1.29 is 9.47 Å². The highest BCUT2D eigenvalue weighted by molar-refractivity contribution is 5.40. The smallest absolute Gasteiger partial charge is 0.122 e. The number of rotatable bonds is 1. The van der Waals surface area contributed by atoms with E-state index < -0.39 is 0 Å². The van der Waals surface area contributed by atoms with Gasteiger partial charge in [0.15, 0.2) is 0 Å². The van der Waals surface area contributed by atoms with Crippen molar-refractivity contribution in [2.45, 2.75) is 25.0 Å². The monoisotopic (exact) mass is 205 g/mol. The average Bonchev–Trinajstić information content (AvgIpc) is 2.84. The third-order valence-corrected chi connectivity index (χ3v) is 3.18. The lowest BCUT2D eigenvalue weighted by molar-refractivity contribution is 0.105. The van der Waals surface area contributed by atoms with Crippen LogP contribution in [0.3, 0.4) is 0 Å². The summed E-state index contributed by atoms with van der Waals surface area (Å²) in [6.45, 7) is 1.58. The summed E-state index contributed by atoms with van der Waals surface area (Å²) in [5.74, 6) is 1.02. The lowest BCUT2D eigenvalue weighted by atomic mass is 10.00. The van der Waals surface area contributed by atoms with Crippen LogP contribution in [0.5, 0.6) is 5.75 Å². The maximum atomic E-state index is 6.00. The molecule has 2 aliphatic heterocycles. The van der Waals surface area contributed by atoms with Gasteiger partial charge in [-0.05, 0) is 29.7 Å². The predicted octanol–water partition coefficient (Wildman–Crippen LogP) is 1.41. The Bertz CT molecular complexity index is 378. The standard InChI is InChI=1S/C12H15NO2/c13-10-4-6-15-12(10)9-1-2-11-8(7-9)3-5-14-11/h1-2,7,10,12H,3-6,13H2. The van der Waals surface area contributed by atoms with Crippen molar-refractivity contribution in [3.8, 4) is 5.75 Å². The van der Waals surface area contributed by atoms with Crippen LogP contribution in [-0.2, 0) is 11.2 Å². The maximum Gasteiger partial charge on any atom is 0.122 e. The second-order valence-corrected chi connectivity index (χ2v) is 4.21. The molecule has 80 valence electrons. The van der Waals surface area contributed by atoms with Gasteiger partial charge in [0.1, 0.15) is 5.75 Å². The number of hydrogen-bond donors (Lipinski definition) is 1. The highest BCUT2D eigenvalue weighted by Crippen LogP contribution is 2.33. The molecule has 3 nitrogen and oxygen atoms in total. The third-order valence-electron chi connectivity index (χ3n) is 3.18. The van der Waals surface area contributed by atoms with E-state index in [9.17, 15) is 0 Å². The lowest BCUT2D eigenvalue weighted by Gasteiger charge is -2.15. The Kier molecular flexibility index (Phi) is 2.15. The fourth-order valence-electron chi connectivity index (χ4n) is 2.33. The molecule has 0 spiro atoms. The van der Waals surface area contributed by atoms with Gasteiger partial charge in [-0.15, -0.1) is 0 Å². The van der Waals surface area contributed by atoms with Gasteiger partial charge in [-0.25, -0.2) is 0 Å². The minimum atomic E-state index is 0.0795. The fourth-order valence-corrected chi connectivity index (χ4v) is 2.33. The highest BCUT2D eigenvalue weighted by atomic mass is 16.5. The molecular formula is C12H15NO2. The van der Waals surface area contributed by atoms with E-state index >= 15 is 0 Å². The van der Waals surface area contributed by atoms with Crippen LogP contribution < -0.4 is 10.5 Å². The minimum absolute atomic E-state index is 0.0795. The van der Waals surface area contributed by atoms with Gasteiger partial charge in [-0.3, -0.25) is 0 Å². The third kappa shape index (κ3) is 1.52. The second kappa shape index (κ2) is 3.51. The topological polar surface area (TPSA) is 44.5 Å². The zero-order chi connectivity index (χ0) is 10.3. The first-order valence-electron chi connectivity index (χ1n) is 5.47. The van der Waals surface area contributed by atoms with Gasteiger partial charge in [0.05, 0.1) is 12.7 Å². The van der Waals surface area contributed by atoms with Crippen LogP contribution in [0.25, 0.3) is 0 Å². The van der Waals surface area contributed by atoms with Crippen molar-refractivity contribution in [3.63, 3.8) is 0 Å². The average molecular weight is 205 g/mol. The van der Waals surface area contributed by atoms with Crippen molar-refractivity contribution in [3.05, 3.63) is 29.3 Å². The molecule has 0 amide bonds.